The molecule has 0 bridgehead atoms. The van der Waals surface area contributed by atoms with Crippen molar-refractivity contribution in [2.45, 2.75) is 53.6 Å². The van der Waals surface area contributed by atoms with Gasteiger partial charge in [0.15, 0.2) is 0 Å². The first-order chi connectivity index (χ1) is 8.90. The van der Waals surface area contributed by atoms with Crippen molar-refractivity contribution < 1.29 is 0 Å². The molecule has 0 saturated heterocycles. The van der Waals surface area contributed by atoms with Gasteiger partial charge < -0.3 is 16.0 Å². The van der Waals surface area contributed by atoms with Crippen LogP contribution in [0.3, 0.4) is 0 Å². The zero-order valence-electron chi connectivity index (χ0n) is 13.2. The number of rotatable bonds is 7. The van der Waals surface area contributed by atoms with Gasteiger partial charge >= 0.3 is 0 Å². The van der Waals surface area contributed by atoms with Gasteiger partial charge in [-0.1, -0.05) is 13.8 Å². The lowest BCUT2D eigenvalue weighted by Gasteiger charge is -2.25. The summed E-state index contributed by atoms with van der Waals surface area (Å²) in [4.78, 5) is 2.40. The van der Waals surface area contributed by atoms with E-state index in [2.05, 4.69) is 49.9 Å². The number of aryl methyl sites for hydroxylation is 1. The Hall–Kier alpha value is -1.23. The van der Waals surface area contributed by atoms with Crippen molar-refractivity contribution >= 4 is 11.5 Å². The third-order valence-corrected chi connectivity index (χ3v) is 3.43. The second-order valence-corrected chi connectivity index (χ2v) is 5.42. The van der Waals surface area contributed by atoms with E-state index in [0.29, 0.717) is 12.1 Å². The first-order valence-electron chi connectivity index (χ1n) is 7.24. The molecule has 19 heavy (non-hydrogen) atoms. The quantitative estimate of drug-likeness (QED) is 0.797. The number of nitrogens with zero attached hydrogens (tertiary/aromatic N) is 3. The van der Waals surface area contributed by atoms with Crippen molar-refractivity contribution in [3.8, 4) is 0 Å². The van der Waals surface area contributed by atoms with E-state index in [1.807, 2.05) is 11.6 Å². The molecule has 1 rings (SSSR count). The zero-order valence-corrected chi connectivity index (χ0v) is 13.2. The number of anilines is 2. The molecule has 110 valence electrons. The molecule has 1 unspecified atom stereocenters. The summed E-state index contributed by atoms with van der Waals surface area (Å²) in [6, 6.07) is 0.648. The smallest absolute Gasteiger partial charge is 0.148 e. The van der Waals surface area contributed by atoms with Crippen molar-refractivity contribution in [2.24, 2.45) is 0 Å². The van der Waals surface area contributed by atoms with Crippen LogP contribution in [0.2, 0.25) is 0 Å². The topological polar surface area (TPSA) is 59.1 Å². The van der Waals surface area contributed by atoms with E-state index >= 15 is 0 Å². The fraction of sp³-hybridized carbons (Fsp3) is 0.786. The van der Waals surface area contributed by atoms with Crippen LogP contribution in [-0.4, -0.2) is 40.4 Å². The van der Waals surface area contributed by atoms with Crippen LogP contribution >= 0.6 is 0 Å². The molecule has 0 fully saturated rings. The summed E-state index contributed by atoms with van der Waals surface area (Å²) in [6.07, 6.45) is 0. The van der Waals surface area contributed by atoms with Gasteiger partial charge in [-0.2, -0.15) is 5.10 Å². The van der Waals surface area contributed by atoms with Crippen LogP contribution in [0.1, 0.15) is 46.4 Å². The Morgan fingerprint density at radius 1 is 1.26 bits per heavy atom. The summed E-state index contributed by atoms with van der Waals surface area (Å²) in [5, 5.41) is 8.01. The standard InChI is InChI=1S/C14H29N5/c1-7-18(8-2)9-11(5)16-14-13(15)12(6)17-19(14)10(3)4/h10-11,16H,7-9,15H2,1-6H3. The summed E-state index contributed by atoms with van der Waals surface area (Å²) in [7, 11) is 0. The second kappa shape index (κ2) is 6.80. The minimum atomic E-state index is 0.305. The number of nitrogens with two attached hydrogens (primary N) is 1. The maximum atomic E-state index is 6.13. The Morgan fingerprint density at radius 3 is 2.32 bits per heavy atom. The highest BCUT2D eigenvalue weighted by atomic mass is 15.4. The van der Waals surface area contributed by atoms with Crippen LogP contribution in [0.4, 0.5) is 11.5 Å². The largest absolute Gasteiger partial charge is 0.394 e. The lowest BCUT2D eigenvalue weighted by atomic mass is 10.2. The molecule has 0 aliphatic heterocycles. The maximum Gasteiger partial charge on any atom is 0.148 e. The number of nitrogen functional groups attached to an aromatic ring is 1. The van der Waals surface area contributed by atoms with Crippen molar-refractivity contribution in [1.29, 1.82) is 0 Å². The molecule has 0 saturated carbocycles. The Kier molecular flexibility index (Phi) is 5.66. The van der Waals surface area contributed by atoms with E-state index < -0.39 is 0 Å². The summed E-state index contributed by atoms with van der Waals surface area (Å²) < 4.78 is 1.98. The van der Waals surface area contributed by atoms with Gasteiger partial charge in [-0.15, -0.1) is 0 Å². The van der Waals surface area contributed by atoms with Crippen LogP contribution in [0.5, 0.6) is 0 Å². The van der Waals surface area contributed by atoms with E-state index in [9.17, 15) is 0 Å². The molecule has 5 nitrogen and oxygen atoms in total. The predicted octanol–water partition coefficient (Wildman–Crippen LogP) is 2.50. The van der Waals surface area contributed by atoms with E-state index in [0.717, 1.165) is 36.8 Å². The molecule has 3 N–H and O–H groups in total. The summed E-state index contributed by atoms with van der Waals surface area (Å²) in [6.45, 7) is 15.9. The number of hydrogen-bond donors (Lipinski definition) is 2. The summed E-state index contributed by atoms with van der Waals surface area (Å²) in [5.41, 5.74) is 7.78. The first kappa shape index (κ1) is 15.8. The lowest BCUT2D eigenvalue weighted by Crippen LogP contribution is -2.35. The molecule has 0 spiro atoms. The molecule has 5 heteroatoms. The van der Waals surface area contributed by atoms with Gasteiger partial charge in [-0.25, -0.2) is 4.68 Å². The highest BCUT2D eigenvalue weighted by Gasteiger charge is 2.17. The number of hydrogen-bond acceptors (Lipinski definition) is 4. The highest BCUT2D eigenvalue weighted by molar-refractivity contribution is 5.65. The number of nitrogens with one attached hydrogen (secondary N) is 1. The molecule has 0 aliphatic rings. The van der Waals surface area contributed by atoms with Crippen LogP contribution in [-0.2, 0) is 0 Å². The average molecular weight is 267 g/mol. The van der Waals surface area contributed by atoms with E-state index in [4.69, 9.17) is 5.73 Å². The highest BCUT2D eigenvalue weighted by Crippen LogP contribution is 2.26. The molecular formula is C14H29N5. The Labute approximate surface area is 117 Å². The SMILES string of the molecule is CCN(CC)CC(C)Nc1c(N)c(C)nn1C(C)C. The molecule has 1 aromatic rings. The van der Waals surface area contributed by atoms with Gasteiger partial charge in [0.25, 0.3) is 0 Å². The van der Waals surface area contributed by atoms with Crippen molar-refractivity contribution in [3.63, 3.8) is 0 Å². The van der Waals surface area contributed by atoms with E-state index in [1.54, 1.807) is 0 Å². The molecule has 0 amide bonds. The average Bonchev–Trinajstić information content (AvgIpc) is 2.64. The zero-order chi connectivity index (χ0) is 14.6. The molecular weight excluding hydrogens is 238 g/mol. The monoisotopic (exact) mass is 267 g/mol. The van der Waals surface area contributed by atoms with Gasteiger partial charge in [0.2, 0.25) is 0 Å². The van der Waals surface area contributed by atoms with Crippen molar-refractivity contribution in [3.05, 3.63) is 5.69 Å². The third kappa shape index (κ3) is 3.86. The molecule has 1 aromatic heterocycles. The van der Waals surface area contributed by atoms with Gasteiger partial charge in [0.05, 0.1) is 11.4 Å². The summed E-state index contributed by atoms with van der Waals surface area (Å²) in [5.74, 6) is 0.951. The fourth-order valence-electron chi connectivity index (χ4n) is 2.23. The van der Waals surface area contributed by atoms with Gasteiger partial charge in [0.1, 0.15) is 5.82 Å². The van der Waals surface area contributed by atoms with Gasteiger partial charge in [-0.3, -0.25) is 0 Å². The Bertz CT molecular complexity index is 393. The van der Waals surface area contributed by atoms with Crippen LogP contribution in [0.15, 0.2) is 0 Å². The minimum Gasteiger partial charge on any atom is -0.394 e. The second-order valence-electron chi connectivity index (χ2n) is 5.42. The predicted molar refractivity (Wildman–Crippen MR) is 82.6 cm³/mol. The molecule has 1 heterocycles. The van der Waals surface area contributed by atoms with Gasteiger partial charge in [0, 0.05) is 18.6 Å². The van der Waals surface area contributed by atoms with Crippen LogP contribution < -0.4 is 11.1 Å². The van der Waals surface area contributed by atoms with Crippen LogP contribution in [0.25, 0.3) is 0 Å². The maximum absolute atomic E-state index is 6.13. The molecule has 0 aromatic carbocycles. The van der Waals surface area contributed by atoms with Crippen molar-refractivity contribution in [2.75, 3.05) is 30.7 Å². The normalized spacial score (nSPS) is 13.3. The third-order valence-electron chi connectivity index (χ3n) is 3.43. The lowest BCUT2D eigenvalue weighted by molar-refractivity contribution is 0.294. The Morgan fingerprint density at radius 2 is 1.84 bits per heavy atom. The Balaban J connectivity index is 2.81. The summed E-state index contributed by atoms with van der Waals surface area (Å²) >= 11 is 0. The first-order valence-corrected chi connectivity index (χ1v) is 7.24. The van der Waals surface area contributed by atoms with E-state index in [1.165, 1.54) is 0 Å². The molecule has 1 atom stereocenters. The molecule has 0 radical (unpaired) electrons. The van der Waals surface area contributed by atoms with Gasteiger partial charge in [-0.05, 0) is 40.8 Å². The number of aromatic nitrogens is 2. The van der Waals surface area contributed by atoms with Crippen molar-refractivity contribution in [1.82, 2.24) is 14.7 Å². The fourth-order valence-corrected chi connectivity index (χ4v) is 2.23. The minimum absolute atomic E-state index is 0.305. The van der Waals surface area contributed by atoms with Crippen LogP contribution in [0, 0.1) is 6.92 Å². The number of likely N-dealkylation sites (N-methyl/N-ethyl adjacent to an activating group) is 1. The molecule has 0 aliphatic carbocycles. The van der Waals surface area contributed by atoms with E-state index in [-0.39, 0.29) is 0 Å².